The van der Waals surface area contributed by atoms with Crippen molar-refractivity contribution in [2.45, 2.75) is 18.9 Å². The predicted molar refractivity (Wildman–Crippen MR) is 81.4 cm³/mol. The minimum Gasteiger partial charge on any atom is -0.334 e. The number of nitrogens with one attached hydrogen (secondary N) is 1. The summed E-state index contributed by atoms with van der Waals surface area (Å²) >= 11 is 1.94. The molecule has 1 heterocycles. The summed E-state index contributed by atoms with van der Waals surface area (Å²) in [6, 6.07) is 10.6. The standard InChI is InChI=1S/C15H22N2OS/c1-16-9-5-8-15(18)17-10-11-19-12-14(17)13-6-3-2-4-7-13/h2-4,6-7,14,16H,5,8-12H2,1H3. The van der Waals surface area contributed by atoms with Crippen LogP contribution in [0.15, 0.2) is 30.3 Å². The van der Waals surface area contributed by atoms with E-state index in [1.54, 1.807) is 0 Å². The Labute approximate surface area is 119 Å². The first-order chi connectivity index (χ1) is 9.33. The molecule has 19 heavy (non-hydrogen) atoms. The van der Waals surface area contributed by atoms with Gasteiger partial charge >= 0.3 is 0 Å². The molecule has 1 atom stereocenters. The van der Waals surface area contributed by atoms with Crippen molar-refractivity contribution in [3.63, 3.8) is 0 Å². The van der Waals surface area contributed by atoms with Crippen molar-refractivity contribution in [3.05, 3.63) is 35.9 Å². The number of thioether (sulfide) groups is 1. The molecule has 104 valence electrons. The van der Waals surface area contributed by atoms with Gasteiger partial charge in [0.25, 0.3) is 0 Å². The van der Waals surface area contributed by atoms with E-state index in [-0.39, 0.29) is 6.04 Å². The highest BCUT2D eigenvalue weighted by Crippen LogP contribution is 2.29. The monoisotopic (exact) mass is 278 g/mol. The van der Waals surface area contributed by atoms with Crippen LogP contribution < -0.4 is 5.32 Å². The van der Waals surface area contributed by atoms with Crippen LogP contribution in [0.4, 0.5) is 0 Å². The second-order valence-corrected chi connectivity index (χ2v) is 5.95. The Morgan fingerprint density at radius 1 is 1.42 bits per heavy atom. The lowest BCUT2D eigenvalue weighted by Gasteiger charge is -2.36. The van der Waals surface area contributed by atoms with Crippen LogP contribution in [0.3, 0.4) is 0 Å². The largest absolute Gasteiger partial charge is 0.334 e. The zero-order valence-electron chi connectivity index (χ0n) is 11.5. The molecule has 0 radical (unpaired) electrons. The normalized spacial score (nSPS) is 19.4. The molecule has 4 heteroatoms. The fourth-order valence-corrected chi connectivity index (χ4v) is 3.50. The molecule has 1 fully saturated rings. The Morgan fingerprint density at radius 2 is 2.21 bits per heavy atom. The van der Waals surface area contributed by atoms with Crippen molar-refractivity contribution in [2.24, 2.45) is 0 Å². The molecule has 3 nitrogen and oxygen atoms in total. The summed E-state index contributed by atoms with van der Waals surface area (Å²) in [4.78, 5) is 14.4. The Morgan fingerprint density at radius 3 is 2.95 bits per heavy atom. The van der Waals surface area contributed by atoms with E-state index in [9.17, 15) is 4.79 Å². The number of benzene rings is 1. The summed E-state index contributed by atoms with van der Waals surface area (Å²) < 4.78 is 0. The molecule has 0 spiro atoms. The van der Waals surface area contributed by atoms with Gasteiger partial charge in [-0.05, 0) is 25.6 Å². The number of rotatable bonds is 5. The van der Waals surface area contributed by atoms with E-state index in [4.69, 9.17) is 0 Å². The predicted octanol–water partition coefficient (Wildman–Crippen LogP) is 2.30. The Balaban J connectivity index is 2.01. The average Bonchev–Trinajstić information content (AvgIpc) is 2.48. The van der Waals surface area contributed by atoms with Crippen LogP contribution in [0.25, 0.3) is 0 Å². The second-order valence-electron chi connectivity index (χ2n) is 4.80. The zero-order valence-corrected chi connectivity index (χ0v) is 12.3. The van der Waals surface area contributed by atoms with Crippen molar-refractivity contribution < 1.29 is 4.79 Å². The van der Waals surface area contributed by atoms with Crippen molar-refractivity contribution in [2.75, 3.05) is 31.6 Å². The van der Waals surface area contributed by atoms with E-state index in [0.717, 1.165) is 31.0 Å². The Bertz CT molecular complexity index is 396. The fourth-order valence-electron chi connectivity index (χ4n) is 2.41. The molecule has 0 aliphatic carbocycles. The first-order valence-electron chi connectivity index (χ1n) is 6.89. The maximum atomic E-state index is 12.3. The van der Waals surface area contributed by atoms with Gasteiger partial charge in [0.15, 0.2) is 0 Å². The smallest absolute Gasteiger partial charge is 0.223 e. The third-order valence-corrected chi connectivity index (χ3v) is 4.47. The minimum atomic E-state index is 0.252. The topological polar surface area (TPSA) is 32.3 Å². The minimum absolute atomic E-state index is 0.252. The third-order valence-electron chi connectivity index (χ3n) is 3.45. The number of hydrogen-bond acceptors (Lipinski definition) is 3. The number of hydrogen-bond donors (Lipinski definition) is 1. The molecule has 1 amide bonds. The fraction of sp³-hybridized carbons (Fsp3) is 0.533. The number of nitrogens with zero attached hydrogens (tertiary/aromatic N) is 1. The lowest BCUT2D eigenvalue weighted by Crippen LogP contribution is -2.40. The highest BCUT2D eigenvalue weighted by Gasteiger charge is 2.27. The van der Waals surface area contributed by atoms with Crippen molar-refractivity contribution in [1.82, 2.24) is 10.2 Å². The lowest BCUT2D eigenvalue weighted by molar-refractivity contribution is -0.133. The van der Waals surface area contributed by atoms with Gasteiger partial charge in [-0.15, -0.1) is 0 Å². The van der Waals surface area contributed by atoms with Crippen LogP contribution in [0.2, 0.25) is 0 Å². The van der Waals surface area contributed by atoms with Crippen LogP contribution in [-0.2, 0) is 4.79 Å². The Kier molecular flexibility index (Phi) is 5.73. The van der Waals surface area contributed by atoms with Gasteiger partial charge in [0, 0.05) is 24.5 Å². The average molecular weight is 278 g/mol. The van der Waals surface area contributed by atoms with Crippen LogP contribution >= 0.6 is 11.8 Å². The van der Waals surface area contributed by atoms with E-state index in [1.807, 2.05) is 24.9 Å². The van der Waals surface area contributed by atoms with Crippen LogP contribution in [0.1, 0.15) is 24.4 Å². The van der Waals surface area contributed by atoms with Crippen LogP contribution in [-0.4, -0.2) is 42.4 Å². The van der Waals surface area contributed by atoms with Gasteiger partial charge < -0.3 is 10.2 Å². The zero-order chi connectivity index (χ0) is 13.5. The lowest BCUT2D eigenvalue weighted by atomic mass is 10.1. The SMILES string of the molecule is CNCCCC(=O)N1CCSCC1c1ccccc1. The maximum Gasteiger partial charge on any atom is 0.223 e. The van der Waals surface area contributed by atoms with Crippen LogP contribution in [0, 0.1) is 0 Å². The molecule has 1 N–H and O–H groups in total. The van der Waals surface area contributed by atoms with Crippen molar-refractivity contribution in [3.8, 4) is 0 Å². The molecular formula is C15H22N2OS. The molecule has 1 aliphatic rings. The first-order valence-corrected chi connectivity index (χ1v) is 8.05. The van der Waals surface area contributed by atoms with Gasteiger partial charge in [0.2, 0.25) is 5.91 Å². The summed E-state index contributed by atoms with van der Waals surface area (Å²) in [5.41, 5.74) is 1.26. The molecule has 1 aromatic rings. The summed E-state index contributed by atoms with van der Waals surface area (Å²) in [6.07, 6.45) is 1.56. The van der Waals surface area contributed by atoms with Gasteiger partial charge in [-0.3, -0.25) is 4.79 Å². The van der Waals surface area contributed by atoms with Gasteiger partial charge in [-0.2, -0.15) is 11.8 Å². The third kappa shape index (κ3) is 3.98. The van der Waals surface area contributed by atoms with Gasteiger partial charge in [-0.1, -0.05) is 30.3 Å². The molecule has 0 aromatic heterocycles. The van der Waals surface area contributed by atoms with E-state index in [1.165, 1.54) is 5.56 Å². The quantitative estimate of drug-likeness (QED) is 0.839. The number of amides is 1. The van der Waals surface area contributed by atoms with E-state index >= 15 is 0 Å². The van der Waals surface area contributed by atoms with Crippen molar-refractivity contribution in [1.29, 1.82) is 0 Å². The number of carbonyl (C=O) groups excluding carboxylic acids is 1. The summed E-state index contributed by atoms with van der Waals surface area (Å²) in [5, 5.41) is 3.09. The van der Waals surface area contributed by atoms with Gasteiger partial charge in [-0.25, -0.2) is 0 Å². The van der Waals surface area contributed by atoms with E-state index in [0.29, 0.717) is 12.3 Å². The molecule has 2 rings (SSSR count). The summed E-state index contributed by atoms with van der Waals surface area (Å²) in [6.45, 7) is 1.78. The molecule has 1 saturated heterocycles. The van der Waals surface area contributed by atoms with Gasteiger partial charge in [0.1, 0.15) is 0 Å². The first kappa shape index (κ1) is 14.4. The molecule has 0 saturated carbocycles. The van der Waals surface area contributed by atoms with Crippen molar-refractivity contribution >= 4 is 17.7 Å². The molecular weight excluding hydrogens is 256 g/mol. The van der Waals surface area contributed by atoms with E-state index in [2.05, 4.69) is 34.5 Å². The highest BCUT2D eigenvalue weighted by atomic mass is 32.2. The highest BCUT2D eigenvalue weighted by molar-refractivity contribution is 7.99. The van der Waals surface area contributed by atoms with Crippen LogP contribution in [0.5, 0.6) is 0 Å². The maximum absolute atomic E-state index is 12.3. The van der Waals surface area contributed by atoms with E-state index < -0.39 is 0 Å². The molecule has 1 aromatic carbocycles. The summed E-state index contributed by atoms with van der Waals surface area (Å²) in [7, 11) is 1.93. The number of carbonyl (C=O) groups is 1. The summed E-state index contributed by atoms with van der Waals surface area (Å²) in [5.74, 6) is 2.37. The van der Waals surface area contributed by atoms with Gasteiger partial charge in [0.05, 0.1) is 6.04 Å². The molecule has 1 aliphatic heterocycles. The Hall–Kier alpha value is -1.00. The molecule has 1 unspecified atom stereocenters. The second kappa shape index (κ2) is 7.56. The molecule has 0 bridgehead atoms.